The van der Waals surface area contributed by atoms with Crippen molar-refractivity contribution < 1.29 is 9.13 Å². The number of imidazole rings is 1. The van der Waals surface area contributed by atoms with Gasteiger partial charge in [0.15, 0.2) is 0 Å². The standard InChI is InChI=1S/C24H26FN5OS/c1-3-12-30-24(21-15-29(16-27-21)17-31-13-14-32-2)22(18-8-10-26-11-9-18)23(28-30)19-4-6-20(25)7-5-19/h4-11,15-16H,3,12-14,17H2,1-2H3. The fourth-order valence-corrected chi connectivity index (χ4v) is 3.85. The van der Waals surface area contributed by atoms with E-state index in [2.05, 4.69) is 23.1 Å². The van der Waals surface area contributed by atoms with E-state index in [0.29, 0.717) is 13.3 Å². The van der Waals surface area contributed by atoms with Crippen molar-refractivity contribution >= 4 is 11.8 Å². The topological polar surface area (TPSA) is 57.8 Å². The zero-order chi connectivity index (χ0) is 22.3. The quantitative estimate of drug-likeness (QED) is 0.304. The van der Waals surface area contributed by atoms with E-state index >= 15 is 0 Å². The first-order valence-electron chi connectivity index (χ1n) is 10.6. The molecule has 0 saturated heterocycles. The molecule has 6 nitrogen and oxygen atoms in total. The van der Waals surface area contributed by atoms with Gasteiger partial charge in [0.2, 0.25) is 0 Å². The minimum absolute atomic E-state index is 0.271. The molecular formula is C24H26FN5OS. The lowest BCUT2D eigenvalue weighted by Crippen LogP contribution is -2.03. The number of hydrogen-bond donors (Lipinski definition) is 0. The summed E-state index contributed by atoms with van der Waals surface area (Å²) in [7, 11) is 0. The summed E-state index contributed by atoms with van der Waals surface area (Å²) < 4.78 is 23.2. The first kappa shape index (κ1) is 22.2. The third kappa shape index (κ3) is 4.92. The summed E-state index contributed by atoms with van der Waals surface area (Å²) in [6.07, 6.45) is 10.3. The summed E-state index contributed by atoms with van der Waals surface area (Å²) >= 11 is 1.76. The molecule has 0 aliphatic heterocycles. The molecule has 32 heavy (non-hydrogen) atoms. The monoisotopic (exact) mass is 451 g/mol. The number of pyridine rings is 1. The highest BCUT2D eigenvalue weighted by atomic mass is 32.2. The van der Waals surface area contributed by atoms with E-state index in [1.807, 2.05) is 27.6 Å². The summed E-state index contributed by atoms with van der Waals surface area (Å²) in [5, 5.41) is 4.94. The molecule has 0 aliphatic rings. The van der Waals surface area contributed by atoms with Crippen molar-refractivity contribution in [3.8, 4) is 33.8 Å². The van der Waals surface area contributed by atoms with Gasteiger partial charge >= 0.3 is 0 Å². The zero-order valence-corrected chi connectivity index (χ0v) is 19.1. The fourth-order valence-electron chi connectivity index (χ4n) is 3.56. The molecule has 8 heteroatoms. The van der Waals surface area contributed by atoms with Crippen LogP contribution in [0.3, 0.4) is 0 Å². The van der Waals surface area contributed by atoms with Crippen LogP contribution in [0.25, 0.3) is 33.8 Å². The van der Waals surface area contributed by atoms with Gasteiger partial charge in [-0.1, -0.05) is 6.92 Å². The third-order valence-electron chi connectivity index (χ3n) is 5.02. The van der Waals surface area contributed by atoms with Gasteiger partial charge in [0.05, 0.1) is 18.6 Å². The van der Waals surface area contributed by atoms with E-state index < -0.39 is 0 Å². The molecule has 0 amide bonds. The van der Waals surface area contributed by atoms with Crippen molar-refractivity contribution in [2.45, 2.75) is 26.6 Å². The van der Waals surface area contributed by atoms with Crippen molar-refractivity contribution in [3.05, 3.63) is 67.1 Å². The Bertz CT molecular complexity index is 1140. The minimum atomic E-state index is -0.271. The van der Waals surface area contributed by atoms with Crippen LogP contribution < -0.4 is 0 Å². The Morgan fingerprint density at radius 1 is 1.06 bits per heavy atom. The molecule has 0 spiro atoms. The van der Waals surface area contributed by atoms with Crippen LogP contribution in [0.4, 0.5) is 4.39 Å². The van der Waals surface area contributed by atoms with Crippen LogP contribution in [0, 0.1) is 5.82 Å². The highest BCUT2D eigenvalue weighted by Gasteiger charge is 2.23. The summed E-state index contributed by atoms with van der Waals surface area (Å²) in [5.74, 6) is 0.686. The van der Waals surface area contributed by atoms with Crippen LogP contribution in [0.2, 0.25) is 0 Å². The predicted molar refractivity (Wildman–Crippen MR) is 127 cm³/mol. The third-order valence-corrected chi connectivity index (χ3v) is 5.60. The first-order chi connectivity index (χ1) is 15.7. The molecule has 4 aromatic rings. The number of nitrogens with zero attached hydrogens (tertiary/aromatic N) is 5. The predicted octanol–water partition coefficient (Wildman–Crippen LogP) is 5.36. The Hall–Kier alpha value is -2.97. The molecule has 0 radical (unpaired) electrons. The molecule has 0 bridgehead atoms. The van der Waals surface area contributed by atoms with Gasteiger partial charge in [-0.15, -0.1) is 0 Å². The van der Waals surface area contributed by atoms with Crippen molar-refractivity contribution in [1.29, 1.82) is 0 Å². The van der Waals surface area contributed by atoms with Crippen molar-refractivity contribution in [3.63, 3.8) is 0 Å². The van der Waals surface area contributed by atoms with E-state index in [1.165, 1.54) is 12.1 Å². The molecule has 0 N–H and O–H groups in total. The van der Waals surface area contributed by atoms with Gasteiger partial charge in [-0.05, 0) is 54.6 Å². The molecule has 3 heterocycles. The Kier molecular flexibility index (Phi) is 7.34. The molecule has 0 saturated carbocycles. The Morgan fingerprint density at radius 3 is 2.56 bits per heavy atom. The van der Waals surface area contributed by atoms with Gasteiger partial charge in [-0.3, -0.25) is 9.67 Å². The summed E-state index contributed by atoms with van der Waals surface area (Å²) in [6, 6.07) is 10.4. The second-order valence-corrected chi connectivity index (χ2v) is 8.33. The molecular weight excluding hydrogens is 425 g/mol. The van der Waals surface area contributed by atoms with Gasteiger partial charge in [-0.2, -0.15) is 16.9 Å². The number of ether oxygens (including phenoxy) is 1. The van der Waals surface area contributed by atoms with Crippen molar-refractivity contribution in [2.75, 3.05) is 18.6 Å². The highest BCUT2D eigenvalue weighted by molar-refractivity contribution is 7.98. The zero-order valence-electron chi connectivity index (χ0n) is 18.2. The lowest BCUT2D eigenvalue weighted by atomic mass is 9.98. The van der Waals surface area contributed by atoms with Crippen LogP contribution in [-0.2, 0) is 18.0 Å². The molecule has 0 fully saturated rings. The molecule has 166 valence electrons. The smallest absolute Gasteiger partial charge is 0.123 e. The van der Waals surface area contributed by atoms with E-state index in [9.17, 15) is 4.39 Å². The Labute approximate surface area is 191 Å². The molecule has 0 unspecified atom stereocenters. The number of aromatic nitrogens is 5. The number of benzene rings is 1. The maximum atomic E-state index is 13.6. The van der Waals surface area contributed by atoms with Crippen molar-refractivity contribution in [1.82, 2.24) is 24.3 Å². The van der Waals surface area contributed by atoms with Crippen LogP contribution in [-0.4, -0.2) is 42.9 Å². The number of rotatable bonds is 10. The van der Waals surface area contributed by atoms with E-state index in [1.54, 1.807) is 42.6 Å². The van der Waals surface area contributed by atoms with E-state index in [-0.39, 0.29) is 5.82 Å². The fraction of sp³-hybridized carbons (Fsp3) is 0.292. The lowest BCUT2D eigenvalue weighted by Gasteiger charge is -2.08. The summed E-state index contributed by atoms with van der Waals surface area (Å²) in [5.41, 5.74) is 5.35. The van der Waals surface area contributed by atoms with Gasteiger partial charge in [0, 0.05) is 42.0 Å². The second kappa shape index (κ2) is 10.6. The van der Waals surface area contributed by atoms with Crippen LogP contribution >= 0.6 is 11.8 Å². The van der Waals surface area contributed by atoms with Gasteiger partial charge < -0.3 is 9.30 Å². The molecule has 0 aliphatic carbocycles. The average Bonchev–Trinajstić information content (AvgIpc) is 3.43. The van der Waals surface area contributed by atoms with Crippen LogP contribution in [0.5, 0.6) is 0 Å². The number of aryl methyl sites for hydroxylation is 1. The van der Waals surface area contributed by atoms with Gasteiger partial charge in [-0.25, -0.2) is 9.37 Å². The largest absolute Gasteiger partial charge is 0.360 e. The first-order valence-corrected chi connectivity index (χ1v) is 12.0. The SMILES string of the molecule is CCCn1nc(-c2ccc(F)cc2)c(-c2ccncc2)c1-c1cn(COCCSC)cn1. The number of halogens is 1. The lowest BCUT2D eigenvalue weighted by molar-refractivity contribution is 0.0899. The maximum absolute atomic E-state index is 13.6. The summed E-state index contributed by atoms with van der Waals surface area (Å²) in [4.78, 5) is 8.85. The Balaban J connectivity index is 1.82. The number of hydrogen-bond acceptors (Lipinski definition) is 5. The molecule has 1 aromatic carbocycles. The highest BCUT2D eigenvalue weighted by Crippen LogP contribution is 2.39. The second-order valence-electron chi connectivity index (χ2n) is 7.34. The average molecular weight is 452 g/mol. The van der Waals surface area contributed by atoms with E-state index in [0.717, 1.165) is 52.5 Å². The summed E-state index contributed by atoms with van der Waals surface area (Å²) in [6.45, 7) is 4.00. The Morgan fingerprint density at radius 2 is 1.84 bits per heavy atom. The maximum Gasteiger partial charge on any atom is 0.123 e. The number of thioether (sulfide) groups is 1. The normalized spacial score (nSPS) is 11.2. The van der Waals surface area contributed by atoms with Crippen LogP contribution in [0.1, 0.15) is 13.3 Å². The van der Waals surface area contributed by atoms with Crippen LogP contribution in [0.15, 0.2) is 61.3 Å². The van der Waals surface area contributed by atoms with E-state index in [4.69, 9.17) is 9.84 Å². The minimum Gasteiger partial charge on any atom is -0.360 e. The van der Waals surface area contributed by atoms with Gasteiger partial charge in [0.25, 0.3) is 0 Å². The van der Waals surface area contributed by atoms with Gasteiger partial charge in [0.1, 0.15) is 23.9 Å². The molecule has 4 rings (SSSR count). The molecule has 0 atom stereocenters. The molecule has 3 aromatic heterocycles. The van der Waals surface area contributed by atoms with Crippen molar-refractivity contribution in [2.24, 2.45) is 0 Å².